The van der Waals surface area contributed by atoms with Crippen LogP contribution in [0.2, 0.25) is 0 Å². The fourth-order valence-electron chi connectivity index (χ4n) is 2.24. The molecule has 1 N–H and O–H groups in total. The van der Waals surface area contributed by atoms with E-state index in [1.807, 2.05) is 72.7 Å². The van der Waals surface area contributed by atoms with Crippen LogP contribution in [0.15, 0.2) is 24.3 Å². The van der Waals surface area contributed by atoms with Gasteiger partial charge in [-0.05, 0) is 72.7 Å². The summed E-state index contributed by atoms with van der Waals surface area (Å²) < 4.78 is 22.5. The lowest BCUT2D eigenvalue weighted by atomic mass is 10.0. The second-order valence-electron chi connectivity index (χ2n) is 9.12. The van der Waals surface area contributed by atoms with E-state index in [1.165, 1.54) is 0 Å². The van der Waals surface area contributed by atoms with E-state index in [2.05, 4.69) is 11.2 Å². The highest BCUT2D eigenvalue weighted by molar-refractivity contribution is 5.68. The number of nitrogens with one attached hydrogen (secondary N) is 1. The average molecular weight is 406 g/mol. The fourth-order valence-corrected chi connectivity index (χ4v) is 2.24. The summed E-state index contributed by atoms with van der Waals surface area (Å²) in [6.45, 7) is 14.4. The van der Waals surface area contributed by atoms with E-state index < -0.39 is 22.8 Å². The zero-order valence-electron chi connectivity index (χ0n) is 18.8. The normalized spacial score (nSPS) is 12.1. The quantitative estimate of drug-likeness (QED) is 0.578. The molecule has 0 aromatic heterocycles. The van der Waals surface area contributed by atoms with Gasteiger partial charge in [0.05, 0.1) is 24.4 Å². The Hall–Kier alpha value is -2.39. The number of rotatable bonds is 10. The van der Waals surface area contributed by atoms with Crippen molar-refractivity contribution in [3.8, 4) is 23.8 Å². The molecule has 0 unspecified atom stereocenters. The van der Waals surface area contributed by atoms with Gasteiger partial charge in [-0.1, -0.05) is 5.92 Å². The number of carbonyl (C=O) groups excluding carboxylic acids is 1. The van der Waals surface area contributed by atoms with Gasteiger partial charge in [0.15, 0.2) is 0 Å². The van der Waals surface area contributed by atoms with Crippen molar-refractivity contribution in [3.63, 3.8) is 0 Å². The molecule has 162 valence electrons. The smallest absolute Gasteiger partial charge is 0.408 e. The van der Waals surface area contributed by atoms with Gasteiger partial charge in [0.1, 0.15) is 23.7 Å². The fraction of sp³-hybridized carbons (Fsp3) is 0.609. The minimum absolute atomic E-state index is 0.241. The first-order valence-corrected chi connectivity index (χ1v) is 9.76. The van der Waals surface area contributed by atoms with Crippen LogP contribution in [-0.2, 0) is 9.47 Å². The maximum absolute atomic E-state index is 12.0. The molecule has 6 nitrogen and oxygen atoms in total. The van der Waals surface area contributed by atoms with Crippen molar-refractivity contribution < 1.29 is 23.7 Å². The highest BCUT2D eigenvalue weighted by atomic mass is 16.6. The van der Waals surface area contributed by atoms with Crippen LogP contribution in [0.5, 0.6) is 11.5 Å². The summed E-state index contributed by atoms with van der Waals surface area (Å²) in [6.07, 6.45) is 5.40. The zero-order chi connectivity index (χ0) is 22.1. The minimum Gasteiger partial charge on any atom is -0.493 e. The summed E-state index contributed by atoms with van der Waals surface area (Å²) in [5.41, 5.74) is -1.51. The highest BCUT2D eigenvalue weighted by Gasteiger charge is 2.28. The largest absolute Gasteiger partial charge is 0.493 e. The van der Waals surface area contributed by atoms with Gasteiger partial charge in [0, 0.05) is 6.42 Å². The molecule has 29 heavy (non-hydrogen) atoms. The summed E-state index contributed by atoms with van der Waals surface area (Å²) in [5.74, 6) is 3.88. The van der Waals surface area contributed by atoms with Gasteiger partial charge in [-0.25, -0.2) is 4.79 Å². The van der Waals surface area contributed by atoms with Crippen molar-refractivity contribution in [2.24, 2.45) is 0 Å². The van der Waals surface area contributed by atoms with Crippen molar-refractivity contribution in [1.29, 1.82) is 0 Å². The monoisotopic (exact) mass is 405 g/mol. The van der Waals surface area contributed by atoms with Crippen LogP contribution >= 0.6 is 0 Å². The Morgan fingerprint density at radius 1 is 1.00 bits per heavy atom. The Morgan fingerprint density at radius 2 is 1.55 bits per heavy atom. The number of ether oxygens (including phenoxy) is 4. The molecule has 0 aliphatic rings. The van der Waals surface area contributed by atoms with Gasteiger partial charge < -0.3 is 24.3 Å². The molecule has 6 heteroatoms. The average Bonchev–Trinajstić information content (AvgIpc) is 2.57. The maximum atomic E-state index is 12.0. The van der Waals surface area contributed by atoms with E-state index in [0.29, 0.717) is 25.4 Å². The lowest BCUT2D eigenvalue weighted by molar-refractivity contribution is -0.0543. The topological polar surface area (TPSA) is 66.0 Å². The number of benzene rings is 1. The van der Waals surface area contributed by atoms with Crippen molar-refractivity contribution in [2.75, 3.05) is 19.8 Å². The number of alkyl carbamates (subject to hydrolysis) is 1. The number of terminal acetylenes is 1. The molecule has 0 radical (unpaired) electrons. The molecule has 0 atom stereocenters. The van der Waals surface area contributed by atoms with Crippen molar-refractivity contribution in [2.45, 2.75) is 71.6 Å². The molecule has 0 fully saturated rings. The maximum Gasteiger partial charge on any atom is 0.408 e. The Bertz CT molecular complexity index is 681. The first kappa shape index (κ1) is 24.6. The van der Waals surface area contributed by atoms with Crippen LogP contribution in [-0.4, -0.2) is 42.7 Å². The molecule has 0 saturated heterocycles. The van der Waals surface area contributed by atoms with Gasteiger partial charge in [-0.15, -0.1) is 6.42 Å². The third-order valence-corrected chi connectivity index (χ3v) is 3.78. The zero-order valence-corrected chi connectivity index (χ0v) is 18.8. The van der Waals surface area contributed by atoms with Crippen LogP contribution in [0.3, 0.4) is 0 Å². The molecule has 0 heterocycles. The van der Waals surface area contributed by atoms with Crippen molar-refractivity contribution in [1.82, 2.24) is 5.32 Å². The number of hydrogen-bond donors (Lipinski definition) is 1. The van der Waals surface area contributed by atoms with Crippen LogP contribution < -0.4 is 14.8 Å². The van der Waals surface area contributed by atoms with Crippen LogP contribution in [0, 0.1) is 12.3 Å². The first-order chi connectivity index (χ1) is 13.3. The van der Waals surface area contributed by atoms with E-state index in [-0.39, 0.29) is 6.61 Å². The minimum atomic E-state index is -0.561. The standard InChI is InChI=1S/C23H35NO5/c1-9-15-26-18-10-12-19(13-11-18)27-16-14-23(7,8)28-17-22(5,6)24-20(25)29-21(2,3)4/h1,10-13H,14-17H2,2-8H3,(H,24,25). The van der Waals surface area contributed by atoms with Crippen LogP contribution in [0.4, 0.5) is 4.79 Å². The van der Waals surface area contributed by atoms with E-state index in [1.54, 1.807) is 0 Å². The molecule has 0 aliphatic carbocycles. The second-order valence-corrected chi connectivity index (χ2v) is 9.12. The third kappa shape index (κ3) is 11.3. The predicted octanol–water partition coefficient (Wildman–Crippen LogP) is 4.57. The van der Waals surface area contributed by atoms with Crippen LogP contribution in [0.1, 0.15) is 54.9 Å². The first-order valence-electron chi connectivity index (χ1n) is 9.76. The summed E-state index contributed by atoms with van der Waals surface area (Å²) >= 11 is 0. The third-order valence-electron chi connectivity index (χ3n) is 3.78. The summed E-state index contributed by atoms with van der Waals surface area (Å²) in [5, 5.41) is 2.85. The SMILES string of the molecule is C#CCOc1ccc(OCCC(C)(C)OCC(C)(C)NC(=O)OC(C)(C)C)cc1. The van der Waals surface area contributed by atoms with E-state index in [9.17, 15) is 4.79 Å². The van der Waals surface area contributed by atoms with E-state index in [4.69, 9.17) is 25.4 Å². The number of carbonyl (C=O) groups is 1. The summed E-state index contributed by atoms with van der Waals surface area (Å²) in [6, 6.07) is 7.32. The van der Waals surface area contributed by atoms with E-state index in [0.717, 1.165) is 5.75 Å². The molecule has 0 aliphatic heterocycles. The molecule has 0 spiro atoms. The molecule has 1 amide bonds. The molecule has 1 aromatic rings. The molecule has 0 saturated carbocycles. The molecular weight excluding hydrogens is 370 g/mol. The Morgan fingerprint density at radius 3 is 2.07 bits per heavy atom. The molecule has 1 aromatic carbocycles. The van der Waals surface area contributed by atoms with Gasteiger partial charge >= 0.3 is 6.09 Å². The Labute approximate surface area is 175 Å². The second kappa shape index (κ2) is 10.4. The summed E-state index contributed by atoms with van der Waals surface area (Å²) in [7, 11) is 0. The number of hydrogen-bond acceptors (Lipinski definition) is 5. The Kier molecular flexibility index (Phi) is 8.84. The van der Waals surface area contributed by atoms with Gasteiger partial charge in [-0.3, -0.25) is 0 Å². The van der Waals surface area contributed by atoms with Crippen molar-refractivity contribution in [3.05, 3.63) is 24.3 Å². The number of amides is 1. The predicted molar refractivity (Wildman–Crippen MR) is 114 cm³/mol. The van der Waals surface area contributed by atoms with Gasteiger partial charge in [0.25, 0.3) is 0 Å². The van der Waals surface area contributed by atoms with E-state index >= 15 is 0 Å². The lowest BCUT2D eigenvalue weighted by Crippen LogP contribution is -2.50. The highest BCUT2D eigenvalue weighted by Crippen LogP contribution is 2.21. The molecular formula is C23H35NO5. The molecule has 0 bridgehead atoms. The lowest BCUT2D eigenvalue weighted by Gasteiger charge is -2.33. The summed E-state index contributed by atoms with van der Waals surface area (Å²) in [4.78, 5) is 12.0. The van der Waals surface area contributed by atoms with Gasteiger partial charge in [0.2, 0.25) is 0 Å². The van der Waals surface area contributed by atoms with Crippen molar-refractivity contribution >= 4 is 6.09 Å². The Balaban J connectivity index is 2.40. The van der Waals surface area contributed by atoms with Crippen LogP contribution in [0.25, 0.3) is 0 Å². The molecule has 1 rings (SSSR count). The van der Waals surface area contributed by atoms with Gasteiger partial charge in [-0.2, -0.15) is 0 Å².